The average molecular weight is 308 g/mol. The zero-order valence-electron chi connectivity index (χ0n) is 8.65. The Labute approximate surface area is 111 Å². The van der Waals surface area contributed by atoms with Crippen LogP contribution in [-0.2, 0) is 0 Å². The molecule has 2 rings (SSSR count). The third kappa shape index (κ3) is 2.82. The molecule has 1 nitrogen and oxygen atoms in total. The minimum absolute atomic E-state index is 0.331. The zero-order chi connectivity index (χ0) is 12.3. The molecule has 4 heteroatoms. The van der Waals surface area contributed by atoms with Crippen LogP contribution in [0.3, 0.4) is 0 Å². The molecule has 0 bridgehead atoms. The van der Waals surface area contributed by atoms with Gasteiger partial charge < -0.3 is 0 Å². The fraction of sp³-hybridized carbons (Fsp3) is 0. The van der Waals surface area contributed by atoms with Crippen LogP contribution in [0.4, 0.5) is 4.39 Å². The summed E-state index contributed by atoms with van der Waals surface area (Å²) in [6.07, 6.45) is 1.69. The molecule has 17 heavy (non-hydrogen) atoms. The lowest BCUT2D eigenvalue weighted by atomic mass is 10.1. The third-order valence-electron chi connectivity index (χ3n) is 2.17. The van der Waals surface area contributed by atoms with E-state index in [2.05, 4.69) is 15.9 Å². The van der Waals surface area contributed by atoms with E-state index in [4.69, 9.17) is 5.26 Å². The molecule has 0 radical (unpaired) electrons. The fourth-order valence-electron chi connectivity index (χ4n) is 1.40. The molecule has 0 amide bonds. The summed E-state index contributed by atoms with van der Waals surface area (Å²) in [5.74, 6) is -0.379. The molecule has 0 spiro atoms. The second-order valence-corrected chi connectivity index (χ2v) is 5.79. The van der Waals surface area contributed by atoms with Crippen LogP contribution >= 0.6 is 27.3 Å². The number of halogens is 2. The highest BCUT2D eigenvalue weighted by molar-refractivity contribution is 9.11. The molecule has 0 saturated carbocycles. The maximum atomic E-state index is 13.5. The molecule has 0 unspecified atom stereocenters. The van der Waals surface area contributed by atoms with Gasteiger partial charge in [-0.15, -0.1) is 11.3 Å². The molecule has 2 aromatic rings. The van der Waals surface area contributed by atoms with Gasteiger partial charge in [-0.1, -0.05) is 18.2 Å². The highest BCUT2D eigenvalue weighted by Crippen LogP contribution is 2.27. The molecule has 0 aliphatic heterocycles. The van der Waals surface area contributed by atoms with Gasteiger partial charge in [0.1, 0.15) is 5.82 Å². The van der Waals surface area contributed by atoms with Gasteiger partial charge in [-0.2, -0.15) is 5.26 Å². The van der Waals surface area contributed by atoms with Gasteiger partial charge in [0, 0.05) is 10.4 Å². The summed E-state index contributed by atoms with van der Waals surface area (Å²) in [7, 11) is 0. The first-order valence-electron chi connectivity index (χ1n) is 4.83. The Bertz CT molecular complexity index is 610. The smallest absolute Gasteiger partial charge is 0.131 e. The predicted molar refractivity (Wildman–Crippen MR) is 71.9 cm³/mol. The van der Waals surface area contributed by atoms with Crippen molar-refractivity contribution in [2.24, 2.45) is 0 Å². The summed E-state index contributed by atoms with van der Waals surface area (Å²) >= 11 is 4.85. The van der Waals surface area contributed by atoms with Crippen molar-refractivity contribution in [1.82, 2.24) is 0 Å². The molecular weight excluding hydrogens is 301 g/mol. The van der Waals surface area contributed by atoms with Gasteiger partial charge in [-0.05, 0) is 40.2 Å². The summed E-state index contributed by atoms with van der Waals surface area (Å²) in [4.78, 5) is 0.914. The highest BCUT2D eigenvalue weighted by atomic mass is 79.9. The maximum Gasteiger partial charge on any atom is 0.131 e. The molecule has 0 fully saturated rings. The van der Waals surface area contributed by atoms with Gasteiger partial charge in [-0.25, -0.2) is 4.39 Å². The second kappa shape index (κ2) is 5.26. The van der Waals surface area contributed by atoms with E-state index in [1.165, 1.54) is 17.4 Å². The summed E-state index contributed by atoms with van der Waals surface area (Å²) in [6.45, 7) is 0. The normalized spacial score (nSPS) is 11.2. The molecule has 84 valence electrons. The van der Waals surface area contributed by atoms with Crippen molar-refractivity contribution in [3.63, 3.8) is 0 Å². The minimum atomic E-state index is -0.379. The fourth-order valence-corrected chi connectivity index (χ4v) is 2.77. The van der Waals surface area contributed by atoms with Crippen molar-refractivity contribution >= 4 is 38.9 Å². The van der Waals surface area contributed by atoms with Crippen molar-refractivity contribution in [1.29, 1.82) is 5.26 Å². The van der Waals surface area contributed by atoms with Crippen LogP contribution in [0.1, 0.15) is 10.4 Å². The van der Waals surface area contributed by atoms with Gasteiger partial charge in [-0.3, -0.25) is 0 Å². The molecule has 0 N–H and O–H groups in total. The van der Waals surface area contributed by atoms with Crippen LogP contribution in [0.25, 0.3) is 11.6 Å². The topological polar surface area (TPSA) is 23.8 Å². The number of allylic oxidation sites excluding steroid dienone is 1. The molecule has 0 aliphatic carbocycles. The number of thiophene rings is 1. The van der Waals surface area contributed by atoms with Crippen LogP contribution in [0.5, 0.6) is 0 Å². The van der Waals surface area contributed by atoms with Gasteiger partial charge in [0.2, 0.25) is 0 Å². The van der Waals surface area contributed by atoms with E-state index in [1.807, 2.05) is 18.2 Å². The number of rotatable bonds is 2. The molecule has 1 aromatic heterocycles. The average Bonchev–Trinajstić information content (AvgIpc) is 2.73. The highest BCUT2D eigenvalue weighted by Gasteiger charge is 2.07. The van der Waals surface area contributed by atoms with Crippen molar-refractivity contribution in [2.45, 2.75) is 0 Å². The van der Waals surface area contributed by atoms with Crippen molar-refractivity contribution in [3.05, 3.63) is 56.4 Å². The number of nitriles is 1. The number of benzene rings is 1. The van der Waals surface area contributed by atoms with E-state index < -0.39 is 0 Å². The van der Waals surface area contributed by atoms with Gasteiger partial charge in [0.25, 0.3) is 0 Å². The minimum Gasteiger partial charge on any atom is -0.206 e. The lowest BCUT2D eigenvalue weighted by molar-refractivity contribution is 0.624. The Morgan fingerprint density at radius 2 is 2.06 bits per heavy atom. The van der Waals surface area contributed by atoms with E-state index in [-0.39, 0.29) is 5.82 Å². The largest absolute Gasteiger partial charge is 0.206 e. The van der Waals surface area contributed by atoms with E-state index in [0.717, 1.165) is 8.66 Å². The van der Waals surface area contributed by atoms with Crippen LogP contribution in [-0.4, -0.2) is 0 Å². The van der Waals surface area contributed by atoms with Gasteiger partial charge in [0.15, 0.2) is 0 Å². The van der Waals surface area contributed by atoms with Crippen molar-refractivity contribution in [3.8, 4) is 6.07 Å². The van der Waals surface area contributed by atoms with Gasteiger partial charge >= 0.3 is 0 Å². The summed E-state index contributed by atoms with van der Waals surface area (Å²) in [5, 5.41) is 9.08. The van der Waals surface area contributed by atoms with E-state index in [0.29, 0.717) is 11.1 Å². The zero-order valence-corrected chi connectivity index (χ0v) is 11.1. The summed E-state index contributed by atoms with van der Waals surface area (Å²) in [6, 6.07) is 12.1. The van der Waals surface area contributed by atoms with E-state index >= 15 is 0 Å². The monoisotopic (exact) mass is 307 g/mol. The maximum absolute atomic E-state index is 13.5. The quantitative estimate of drug-likeness (QED) is 0.737. The van der Waals surface area contributed by atoms with Crippen LogP contribution in [0, 0.1) is 17.1 Å². The van der Waals surface area contributed by atoms with Crippen molar-refractivity contribution in [2.75, 3.05) is 0 Å². The first-order valence-corrected chi connectivity index (χ1v) is 6.43. The van der Waals surface area contributed by atoms with Crippen LogP contribution in [0.15, 0.2) is 40.2 Å². The Morgan fingerprint density at radius 3 is 2.65 bits per heavy atom. The van der Waals surface area contributed by atoms with Crippen LogP contribution in [0.2, 0.25) is 0 Å². The molecule has 1 aromatic carbocycles. The first-order chi connectivity index (χ1) is 8.20. The first kappa shape index (κ1) is 12.0. The molecule has 0 aliphatic rings. The summed E-state index contributed by atoms with van der Waals surface area (Å²) < 4.78 is 14.5. The third-order valence-corrected chi connectivity index (χ3v) is 3.74. The molecular formula is C13H7BrFNS. The van der Waals surface area contributed by atoms with Gasteiger partial charge in [0.05, 0.1) is 15.4 Å². The Hall–Kier alpha value is -1.44. The van der Waals surface area contributed by atoms with E-state index in [9.17, 15) is 4.39 Å². The standard InChI is InChI=1S/C13H7BrFNS/c14-13-6-5-10(17-13)7-9(8-16)11-3-1-2-4-12(11)15/h1-7H/b9-7-. The molecule has 0 saturated heterocycles. The lowest BCUT2D eigenvalue weighted by Crippen LogP contribution is -1.86. The SMILES string of the molecule is N#C/C(=C/c1ccc(Br)s1)c1ccccc1F. The second-order valence-electron chi connectivity index (χ2n) is 3.29. The Morgan fingerprint density at radius 1 is 1.29 bits per heavy atom. The Kier molecular flexibility index (Phi) is 3.72. The van der Waals surface area contributed by atoms with E-state index in [1.54, 1.807) is 24.3 Å². The number of nitrogens with zero attached hydrogens (tertiary/aromatic N) is 1. The predicted octanol–water partition coefficient (Wildman–Crippen LogP) is 4.71. The number of hydrogen-bond donors (Lipinski definition) is 0. The van der Waals surface area contributed by atoms with Crippen LogP contribution < -0.4 is 0 Å². The molecule has 1 heterocycles. The number of hydrogen-bond acceptors (Lipinski definition) is 2. The Balaban J connectivity index is 2.45. The molecule has 0 atom stereocenters. The summed E-state index contributed by atoms with van der Waals surface area (Å²) in [5.41, 5.74) is 0.664. The lowest BCUT2D eigenvalue weighted by Gasteiger charge is -1.99. The van der Waals surface area contributed by atoms with Crippen molar-refractivity contribution < 1.29 is 4.39 Å².